The summed E-state index contributed by atoms with van der Waals surface area (Å²) in [4.78, 5) is 37.8. The number of piperazine rings is 1. The lowest BCUT2D eigenvalue weighted by atomic mass is 9.91. The van der Waals surface area contributed by atoms with Gasteiger partial charge in [-0.15, -0.1) is 0 Å². The molecular weight excluding hydrogens is 611 g/mol. The Morgan fingerprint density at radius 2 is 1.63 bits per heavy atom. The molecule has 2 aliphatic heterocycles. The lowest BCUT2D eigenvalue weighted by Crippen LogP contribution is -2.50. The number of carbonyl (C=O) groups is 2. The van der Waals surface area contributed by atoms with Crippen molar-refractivity contribution in [1.29, 1.82) is 0 Å². The predicted molar refractivity (Wildman–Crippen MR) is 164 cm³/mol. The monoisotopic (exact) mass is 638 g/mol. The Hall–Kier alpha value is -3.77. The number of hydrogen-bond donors (Lipinski definition) is 0. The number of benzene rings is 2. The molecule has 10 nitrogen and oxygen atoms in total. The molecule has 0 aliphatic carbocycles. The summed E-state index contributed by atoms with van der Waals surface area (Å²) in [6, 6.07) is 16.3. The molecule has 13 heteroatoms. The Bertz CT molecular complexity index is 1800. The fraction of sp³-hybridized carbons (Fsp3) is 0.267. The van der Waals surface area contributed by atoms with Crippen LogP contribution in [-0.2, 0) is 31.6 Å². The highest BCUT2D eigenvalue weighted by Gasteiger charge is 2.52. The van der Waals surface area contributed by atoms with E-state index in [0.717, 1.165) is 16.7 Å². The molecule has 6 rings (SSSR count). The highest BCUT2D eigenvalue weighted by Crippen LogP contribution is 2.45. The van der Waals surface area contributed by atoms with Crippen molar-refractivity contribution in [3.63, 3.8) is 0 Å². The number of anilines is 2. The minimum atomic E-state index is -4.09. The molecule has 0 N–H and O–H groups in total. The number of sulfonamides is 1. The molecule has 0 spiro atoms. The van der Waals surface area contributed by atoms with E-state index in [1.165, 1.54) is 26.9 Å². The van der Waals surface area contributed by atoms with Crippen molar-refractivity contribution in [2.75, 3.05) is 31.1 Å². The average molecular weight is 640 g/mol. The van der Waals surface area contributed by atoms with E-state index in [1.807, 2.05) is 36.4 Å². The number of fused-ring (bicyclic) bond motifs is 1. The van der Waals surface area contributed by atoms with E-state index >= 15 is 0 Å². The van der Waals surface area contributed by atoms with Crippen LogP contribution < -0.4 is 4.90 Å². The quantitative estimate of drug-likeness (QED) is 0.302. The maximum atomic E-state index is 14.4. The molecule has 1 atom stereocenters. The second-order valence-corrected chi connectivity index (χ2v) is 13.6. The Morgan fingerprint density at radius 3 is 2.23 bits per heavy atom. The summed E-state index contributed by atoms with van der Waals surface area (Å²) in [5.41, 5.74) is 1.76. The second kappa shape index (κ2) is 11.1. The van der Waals surface area contributed by atoms with Gasteiger partial charge in [0.25, 0.3) is 15.9 Å². The van der Waals surface area contributed by atoms with Gasteiger partial charge in [-0.25, -0.2) is 18.3 Å². The summed E-state index contributed by atoms with van der Waals surface area (Å²) in [5.74, 6) is -0.326. The normalized spacial score (nSPS) is 19.1. The number of pyridine rings is 1. The van der Waals surface area contributed by atoms with Crippen LogP contribution in [0, 0.1) is 0 Å². The van der Waals surface area contributed by atoms with Crippen LogP contribution >= 0.6 is 23.2 Å². The molecule has 0 saturated carbocycles. The third kappa shape index (κ3) is 5.20. The van der Waals surface area contributed by atoms with E-state index < -0.39 is 15.6 Å². The Morgan fingerprint density at radius 1 is 0.953 bits per heavy atom. The highest BCUT2D eigenvalue weighted by molar-refractivity contribution is 7.89. The van der Waals surface area contributed by atoms with Crippen molar-refractivity contribution in [2.45, 2.75) is 30.8 Å². The molecule has 1 saturated heterocycles. The molecule has 2 aromatic carbocycles. The van der Waals surface area contributed by atoms with Crippen molar-refractivity contribution in [2.24, 2.45) is 0 Å². The predicted octanol–water partition coefficient (Wildman–Crippen LogP) is 4.74. The standard InChI is InChI=1S/C30H28Cl2N6O4S/c1-20(39)35-10-12-36(13-11-35)43(41,42)27-19-34-29-37(26-15-24(31)14-25(32)16-26)28(40)30(2,38(27)29)17-21-5-7-22(8-6-21)23-4-3-9-33-18-23/h3-9,14-16,18-19H,10-13,17H2,1-2H3. The molecule has 43 heavy (non-hydrogen) atoms. The zero-order valence-corrected chi connectivity index (χ0v) is 25.8. The number of halogens is 2. The number of rotatable bonds is 6. The van der Waals surface area contributed by atoms with Gasteiger partial charge in [0.1, 0.15) is 5.54 Å². The average Bonchev–Trinajstić information content (AvgIpc) is 3.51. The topological polar surface area (TPSA) is 109 Å². The summed E-state index contributed by atoms with van der Waals surface area (Å²) in [7, 11) is -4.09. The van der Waals surface area contributed by atoms with Gasteiger partial charge in [-0.3, -0.25) is 19.1 Å². The summed E-state index contributed by atoms with van der Waals surface area (Å²) in [5, 5.41) is 0.547. The maximum Gasteiger partial charge on any atom is 0.260 e. The summed E-state index contributed by atoms with van der Waals surface area (Å²) < 4.78 is 31.0. The van der Waals surface area contributed by atoms with Gasteiger partial charge in [-0.05, 0) is 47.9 Å². The first kappa shape index (κ1) is 29.3. The smallest absolute Gasteiger partial charge is 0.260 e. The van der Waals surface area contributed by atoms with Crippen molar-refractivity contribution in [3.05, 3.63) is 88.8 Å². The third-order valence-corrected chi connectivity index (χ3v) is 10.3. The van der Waals surface area contributed by atoms with Crippen LogP contribution in [0.15, 0.2) is 78.2 Å². The molecule has 1 unspecified atom stereocenters. The van der Waals surface area contributed by atoms with Crippen molar-refractivity contribution >= 4 is 56.7 Å². The molecule has 0 bridgehead atoms. The van der Waals surface area contributed by atoms with E-state index in [-0.39, 0.29) is 55.4 Å². The van der Waals surface area contributed by atoms with Gasteiger partial charge in [0.05, 0.1) is 11.9 Å². The minimum Gasteiger partial charge on any atom is -0.340 e. The molecular formula is C30H28Cl2N6O4S. The molecule has 0 radical (unpaired) electrons. The molecule has 2 amide bonds. The first-order valence-corrected chi connectivity index (χ1v) is 15.8. The van der Waals surface area contributed by atoms with Gasteiger partial charge in [0.15, 0.2) is 5.03 Å². The molecule has 2 aliphatic rings. The van der Waals surface area contributed by atoms with Crippen molar-refractivity contribution in [3.8, 4) is 11.1 Å². The van der Waals surface area contributed by atoms with E-state index in [2.05, 4.69) is 9.97 Å². The fourth-order valence-electron chi connectivity index (χ4n) is 5.74. The van der Waals surface area contributed by atoms with Crippen molar-refractivity contribution < 1.29 is 18.0 Å². The second-order valence-electron chi connectivity index (χ2n) is 10.8. The Balaban J connectivity index is 1.42. The minimum absolute atomic E-state index is 0.0998. The summed E-state index contributed by atoms with van der Waals surface area (Å²) in [6.07, 6.45) is 4.96. The Labute approximate surface area is 259 Å². The fourth-order valence-corrected chi connectivity index (χ4v) is 7.86. The lowest BCUT2D eigenvalue weighted by molar-refractivity contribution is -0.130. The largest absolute Gasteiger partial charge is 0.340 e. The molecule has 4 aromatic rings. The van der Waals surface area contributed by atoms with Crippen LogP contribution in [0.1, 0.15) is 19.4 Å². The SMILES string of the molecule is CC(=O)N1CCN(S(=O)(=O)c2cnc3n2C(C)(Cc2ccc(-c4cccnc4)cc2)C(=O)N3c2cc(Cl)cc(Cl)c2)CC1. The van der Waals surface area contributed by atoms with E-state index in [0.29, 0.717) is 15.7 Å². The van der Waals surface area contributed by atoms with Gasteiger partial charge in [-0.2, -0.15) is 4.31 Å². The summed E-state index contributed by atoms with van der Waals surface area (Å²) in [6.45, 7) is 4.01. The van der Waals surface area contributed by atoms with E-state index in [4.69, 9.17) is 23.2 Å². The van der Waals surface area contributed by atoms with Gasteiger partial charge in [0, 0.05) is 62.0 Å². The van der Waals surface area contributed by atoms with Crippen LogP contribution in [-0.4, -0.2) is 70.2 Å². The summed E-state index contributed by atoms with van der Waals surface area (Å²) >= 11 is 12.6. The molecule has 1 fully saturated rings. The maximum absolute atomic E-state index is 14.4. The highest BCUT2D eigenvalue weighted by atomic mass is 35.5. The zero-order valence-electron chi connectivity index (χ0n) is 23.4. The Kier molecular flexibility index (Phi) is 7.54. The molecule has 4 heterocycles. The van der Waals surface area contributed by atoms with Crippen molar-refractivity contribution in [1.82, 2.24) is 23.7 Å². The molecule has 2 aromatic heterocycles. The number of carbonyl (C=O) groups excluding carboxylic acids is 2. The van der Waals surface area contributed by atoms with Gasteiger partial charge < -0.3 is 4.90 Å². The first-order chi connectivity index (χ1) is 20.5. The van der Waals surface area contributed by atoms with Crippen LogP contribution in [0.5, 0.6) is 0 Å². The number of amides is 2. The lowest BCUT2D eigenvalue weighted by Gasteiger charge is -2.34. The first-order valence-electron chi connectivity index (χ1n) is 13.6. The van der Waals surface area contributed by atoms with Gasteiger partial charge in [0.2, 0.25) is 11.9 Å². The molecule has 222 valence electrons. The van der Waals surface area contributed by atoms with Gasteiger partial charge >= 0.3 is 0 Å². The number of imidazole rings is 1. The van der Waals surface area contributed by atoms with Crippen LogP contribution in [0.3, 0.4) is 0 Å². The van der Waals surface area contributed by atoms with E-state index in [9.17, 15) is 18.0 Å². The van der Waals surface area contributed by atoms with Crippen LogP contribution in [0.2, 0.25) is 10.0 Å². The zero-order chi connectivity index (χ0) is 30.5. The number of hydrogen-bond acceptors (Lipinski definition) is 6. The number of nitrogens with zero attached hydrogens (tertiary/aromatic N) is 6. The van der Waals surface area contributed by atoms with Crippen LogP contribution in [0.25, 0.3) is 11.1 Å². The number of aromatic nitrogens is 3. The van der Waals surface area contributed by atoms with Crippen LogP contribution in [0.4, 0.5) is 11.6 Å². The third-order valence-electron chi connectivity index (χ3n) is 7.96. The van der Waals surface area contributed by atoms with Gasteiger partial charge in [-0.1, -0.05) is 53.5 Å². The van der Waals surface area contributed by atoms with E-state index in [1.54, 1.807) is 42.4 Å².